The Morgan fingerprint density at radius 3 is 2.29 bits per heavy atom. The Kier molecular flexibility index (Phi) is 4.39. The quantitative estimate of drug-likeness (QED) is 0.466. The molecule has 0 aliphatic carbocycles. The third-order valence-electron chi connectivity index (χ3n) is 2.34. The van der Waals surface area contributed by atoms with Crippen LogP contribution in [0.3, 0.4) is 0 Å². The summed E-state index contributed by atoms with van der Waals surface area (Å²) in [6.45, 7) is 1.96. The average molecular weight is 235 g/mol. The molecule has 0 unspecified atom stereocenters. The van der Waals surface area contributed by atoms with E-state index in [9.17, 15) is 14.8 Å². The van der Waals surface area contributed by atoms with Gasteiger partial charge in [-0.25, -0.2) is 4.79 Å². The van der Waals surface area contributed by atoms with Crippen LogP contribution in [0.15, 0.2) is 40.9 Å². The van der Waals surface area contributed by atoms with Gasteiger partial charge in [-0.2, -0.15) is 0 Å². The summed E-state index contributed by atoms with van der Waals surface area (Å²) in [6.07, 6.45) is 0.537. The molecule has 2 N–H and O–H groups in total. The van der Waals surface area contributed by atoms with Gasteiger partial charge in [0, 0.05) is 6.42 Å². The van der Waals surface area contributed by atoms with Gasteiger partial charge in [0.25, 0.3) is 0 Å². The van der Waals surface area contributed by atoms with Crippen molar-refractivity contribution in [3.8, 4) is 0 Å². The molecule has 1 rings (SSSR count). The molecule has 0 spiro atoms. The number of nitroso groups, excluding NO2 is 1. The molecule has 0 saturated heterocycles. The molecule has 0 atom stereocenters. The van der Waals surface area contributed by atoms with Crippen LogP contribution in [-0.4, -0.2) is 16.2 Å². The molecule has 0 heterocycles. The fraction of sp³-hybridized carbons (Fsp3) is 0.250. The van der Waals surface area contributed by atoms with Crippen LogP contribution in [0.5, 0.6) is 0 Å². The summed E-state index contributed by atoms with van der Waals surface area (Å²) in [5, 5.41) is 20.3. The summed E-state index contributed by atoms with van der Waals surface area (Å²) < 4.78 is 0. The first-order chi connectivity index (χ1) is 8.04. The Balaban J connectivity index is 2.70. The molecule has 1 aromatic carbocycles. The molecule has 0 radical (unpaired) electrons. The van der Waals surface area contributed by atoms with Crippen molar-refractivity contribution in [3.63, 3.8) is 0 Å². The van der Waals surface area contributed by atoms with Gasteiger partial charge < -0.3 is 10.2 Å². The van der Waals surface area contributed by atoms with Crippen molar-refractivity contribution in [1.82, 2.24) is 0 Å². The third kappa shape index (κ3) is 3.71. The average Bonchev–Trinajstić information content (AvgIpc) is 2.28. The predicted octanol–water partition coefficient (Wildman–Crippen LogP) is 2.55. The van der Waals surface area contributed by atoms with Crippen molar-refractivity contribution in [3.05, 3.63) is 51.8 Å². The van der Waals surface area contributed by atoms with Gasteiger partial charge in [0.05, 0.1) is 0 Å². The van der Waals surface area contributed by atoms with Gasteiger partial charge in [-0.3, -0.25) is 0 Å². The molecule has 0 bridgehead atoms. The lowest BCUT2D eigenvalue weighted by Crippen LogP contribution is -2.03. The smallest absolute Gasteiger partial charge is 0.361 e. The fourth-order valence-corrected chi connectivity index (χ4v) is 1.35. The molecule has 0 aromatic heterocycles. The highest BCUT2D eigenvalue weighted by atomic mass is 16.4. The normalized spacial score (nSPS) is 11.8. The molecule has 0 aliphatic heterocycles. The minimum Gasteiger partial charge on any atom is -0.510 e. The number of carboxylic acid groups (broad SMARTS) is 1. The number of allylic oxidation sites excluding steroid dienone is 1. The van der Waals surface area contributed by atoms with Crippen LogP contribution in [0, 0.1) is 11.8 Å². The zero-order valence-corrected chi connectivity index (χ0v) is 9.38. The monoisotopic (exact) mass is 235 g/mol. The number of rotatable bonds is 5. The van der Waals surface area contributed by atoms with Crippen molar-refractivity contribution in [2.45, 2.75) is 19.8 Å². The van der Waals surface area contributed by atoms with Gasteiger partial charge in [0.15, 0.2) is 0 Å². The molecule has 1 aromatic rings. The number of nitrogens with zero attached hydrogens (tertiary/aromatic N) is 1. The summed E-state index contributed by atoms with van der Waals surface area (Å²) in [6, 6.07) is 7.62. The second-order valence-corrected chi connectivity index (χ2v) is 3.68. The van der Waals surface area contributed by atoms with Crippen molar-refractivity contribution in [2.24, 2.45) is 5.18 Å². The number of aryl methyl sites for hydroxylation is 2. The fourth-order valence-electron chi connectivity index (χ4n) is 1.35. The second-order valence-electron chi connectivity index (χ2n) is 3.68. The third-order valence-corrected chi connectivity index (χ3v) is 2.34. The Morgan fingerprint density at radius 2 is 1.82 bits per heavy atom. The molecular weight excluding hydrogens is 222 g/mol. The Labute approximate surface area is 98.4 Å². The number of carboxylic acids is 1. The van der Waals surface area contributed by atoms with E-state index in [4.69, 9.17) is 5.11 Å². The van der Waals surface area contributed by atoms with E-state index in [2.05, 4.69) is 5.18 Å². The molecule has 5 nitrogen and oxygen atoms in total. The molecule has 0 saturated carbocycles. The van der Waals surface area contributed by atoms with Crippen molar-refractivity contribution < 1.29 is 15.0 Å². The maximum Gasteiger partial charge on any atom is 0.361 e. The van der Waals surface area contributed by atoms with E-state index in [0.717, 1.165) is 11.1 Å². The Morgan fingerprint density at radius 1 is 1.24 bits per heavy atom. The van der Waals surface area contributed by atoms with Crippen LogP contribution in [0.4, 0.5) is 0 Å². The van der Waals surface area contributed by atoms with Crippen molar-refractivity contribution in [2.75, 3.05) is 0 Å². The predicted molar refractivity (Wildman–Crippen MR) is 62.6 cm³/mol. The summed E-state index contributed by atoms with van der Waals surface area (Å²) in [5.74, 6) is -2.01. The summed E-state index contributed by atoms with van der Waals surface area (Å²) in [5.41, 5.74) is 1.25. The summed E-state index contributed by atoms with van der Waals surface area (Å²) in [4.78, 5) is 20.7. The van der Waals surface area contributed by atoms with E-state index >= 15 is 0 Å². The van der Waals surface area contributed by atoms with Gasteiger partial charge in [0.1, 0.15) is 5.76 Å². The van der Waals surface area contributed by atoms with E-state index in [0.29, 0.717) is 6.42 Å². The summed E-state index contributed by atoms with van der Waals surface area (Å²) >= 11 is 0. The van der Waals surface area contributed by atoms with Gasteiger partial charge in [-0.1, -0.05) is 29.8 Å². The topological polar surface area (TPSA) is 87.0 Å². The number of hydrogen-bond acceptors (Lipinski definition) is 4. The molecule has 90 valence electrons. The lowest BCUT2D eigenvalue weighted by atomic mass is 10.1. The molecule has 5 heteroatoms. The maximum absolute atomic E-state index is 10.5. The second kappa shape index (κ2) is 5.79. The van der Waals surface area contributed by atoms with Crippen LogP contribution in [-0.2, 0) is 11.2 Å². The molecule has 17 heavy (non-hydrogen) atoms. The number of benzene rings is 1. The van der Waals surface area contributed by atoms with Crippen LogP contribution >= 0.6 is 0 Å². The van der Waals surface area contributed by atoms with E-state index in [1.54, 1.807) is 0 Å². The molecule has 0 fully saturated rings. The number of aliphatic hydroxyl groups excluding tert-OH is 1. The van der Waals surface area contributed by atoms with Crippen LogP contribution in [0.25, 0.3) is 0 Å². The maximum atomic E-state index is 10.5. The molecule has 0 amide bonds. The van der Waals surface area contributed by atoms with Gasteiger partial charge in [-0.05, 0) is 24.1 Å². The number of aliphatic hydroxyl groups is 1. The van der Waals surface area contributed by atoms with E-state index in [1.807, 2.05) is 31.2 Å². The van der Waals surface area contributed by atoms with Gasteiger partial charge in [0.2, 0.25) is 5.70 Å². The Hall–Kier alpha value is -2.17. The minimum atomic E-state index is -1.51. The zero-order valence-electron chi connectivity index (χ0n) is 9.38. The van der Waals surface area contributed by atoms with Crippen LogP contribution < -0.4 is 0 Å². The first-order valence-corrected chi connectivity index (χ1v) is 5.09. The highest BCUT2D eigenvalue weighted by Gasteiger charge is 2.14. The number of carbonyl (C=O) groups is 1. The highest BCUT2D eigenvalue weighted by Crippen LogP contribution is 2.12. The SMILES string of the molecule is Cc1ccc(CC/C(O)=C(\N=O)C(=O)O)cc1. The largest absolute Gasteiger partial charge is 0.510 e. The zero-order chi connectivity index (χ0) is 12.8. The minimum absolute atomic E-state index is 0.0798. The first kappa shape index (κ1) is 12.9. The lowest BCUT2D eigenvalue weighted by Gasteiger charge is -2.02. The van der Waals surface area contributed by atoms with Crippen molar-refractivity contribution >= 4 is 5.97 Å². The van der Waals surface area contributed by atoms with Crippen LogP contribution in [0.1, 0.15) is 17.5 Å². The van der Waals surface area contributed by atoms with E-state index < -0.39 is 17.4 Å². The molecule has 0 aliphatic rings. The van der Waals surface area contributed by atoms with E-state index in [-0.39, 0.29) is 6.42 Å². The summed E-state index contributed by atoms with van der Waals surface area (Å²) in [7, 11) is 0. The number of hydrogen-bond donors (Lipinski definition) is 2. The van der Waals surface area contributed by atoms with E-state index in [1.165, 1.54) is 0 Å². The highest BCUT2D eigenvalue weighted by molar-refractivity contribution is 5.86. The Bertz CT molecular complexity index is 448. The van der Waals surface area contributed by atoms with Crippen molar-refractivity contribution in [1.29, 1.82) is 0 Å². The molecular formula is C12H13NO4. The first-order valence-electron chi connectivity index (χ1n) is 5.09. The standard InChI is InChI=1S/C12H13NO4/c1-8-2-4-9(5-3-8)6-7-10(14)11(13-17)12(15)16/h2-5,14H,6-7H2,1H3,(H,15,16)/b11-10+. The van der Waals surface area contributed by atoms with Gasteiger partial charge in [-0.15, -0.1) is 4.91 Å². The number of aliphatic carboxylic acids is 1. The van der Waals surface area contributed by atoms with Crippen LogP contribution in [0.2, 0.25) is 0 Å². The lowest BCUT2D eigenvalue weighted by molar-refractivity contribution is -0.132. The van der Waals surface area contributed by atoms with Gasteiger partial charge >= 0.3 is 5.97 Å².